The number of carbonyl (C=O) groups excluding carboxylic acids is 3. The van der Waals surface area contributed by atoms with Crippen molar-refractivity contribution in [1.29, 1.82) is 0 Å². The van der Waals surface area contributed by atoms with Gasteiger partial charge in [-0.3, -0.25) is 19.7 Å². The molecule has 0 bridgehead atoms. The quantitative estimate of drug-likeness (QED) is 0.279. The number of non-ortho nitro benzene ring substituents is 1. The van der Waals surface area contributed by atoms with Gasteiger partial charge in [-0.1, -0.05) is 23.7 Å². The van der Waals surface area contributed by atoms with Crippen LogP contribution >= 0.6 is 22.9 Å². The van der Waals surface area contributed by atoms with Crippen LogP contribution in [0.4, 0.5) is 16.4 Å². The summed E-state index contributed by atoms with van der Waals surface area (Å²) in [5.74, 6) is -1.91. The Morgan fingerprint density at radius 1 is 1.03 bits per heavy atom. The number of amides is 2. The summed E-state index contributed by atoms with van der Waals surface area (Å²) in [4.78, 5) is 48.7. The van der Waals surface area contributed by atoms with E-state index in [1.807, 2.05) is 0 Å². The fourth-order valence-corrected chi connectivity index (χ4v) is 4.28. The van der Waals surface area contributed by atoms with E-state index < -0.39 is 22.7 Å². The lowest BCUT2D eigenvalue weighted by Crippen LogP contribution is -2.14. The molecule has 3 aromatic rings. The molecule has 0 saturated heterocycles. The van der Waals surface area contributed by atoms with Gasteiger partial charge in [-0.2, -0.15) is 0 Å². The molecule has 0 saturated carbocycles. The molecule has 11 heteroatoms. The van der Waals surface area contributed by atoms with Crippen LogP contribution in [-0.4, -0.2) is 29.8 Å². The Morgan fingerprint density at radius 2 is 1.73 bits per heavy atom. The van der Waals surface area contributed by atoms with Gasteiger partial charge in [-0.25, -0.2) is 4.79 Å². The Labute approximate surface area is 197 Å². The van der Waals surface area contributed by atoms with E-state index in [1.54, 1.807) is 32.0 Å². The topological polar surface area (TPSA) is 128 Å². The fourth-order valence-electron chi connectivity index (χ4n) is 3.02. The number of hydrogen-bond acceptors (Lipinski definition) is 7. The highest BCUT2D eigenvalue weighted by Gasteiger charge is 2.27. The molecule has 2 aromatic carbocycles. The molecule has 0 fully saturated rings. The molecule has 0 atom stereocenters. The standard InChI is InChI=1S/C22H18ClN3O6S/c1-11-15(23)8-5-9-16(11)24-20(28)18-12(2)17(22(29)32-3)21(33-18)25-19(27)13-6-4-7-14(10-13)26(30)31/h4-10H,1-3H3,(H,24,28)(H,25,27). The molecule has 1 heterocycles. The van der Waals surface area contributed by atoms with Crippen LogP contribution < -0.4 is 10.6 Å². The normalized spacial score (nSPS) is 10.4. The van der Waals surface area contributed by atoms with Crippen molar-refractivity contribution in [3.63, 3.8) is 0 Å². The van der Waals surface area contributed by atoms with Gasteiger partial charge in [-0.05, 0) is 43.2 Å². The second-order valence-electron chi connectivity index (χ2n) is 6.88. The number of methoxy groups -OCH3 is 1. The summed E-state index contributed by atoms with van der Waals surface area (Å²) in [5, 5.41) is 16.9. The Kier molecular flexibility index (Phi) is 7.10. The predicted octanol–water partition coefficient (Wildman–Crippen LogP) is 5.22. The first-order valence-electron chi connectivity index (χ1n) is 9.48. The third-order valence-corrected chi connectivity index (χ3v) is 6.42. The SMILES string of the molecule is COC(=O)c1c(NC(=O)c2cccc([N+](=O)[O-])c2)sc(C(=O)Nc2cccc(Cl)c2C)c1C. The van der Waals surface area contributed by atoms with E-state index in [2.05, 4.69) is 10.6 Å². The van der Waals surface area contributed by atoms with Gasteiger partial charge in [0.1, 0.15) is 5.00 Å². The third kappa shape index (κ3) is 5.02. The first-order valence-corrected chi connectivity index (χ1v) is 10.7. The molecule has 0 aliphatic rings. The number of nitrogens with zero attached hydrogens (tertiary/aromatic N) is 1. The number of nitro groups is 1. The smallest absolute Gasteiger partial charge is 0.341 e. The number of anilines is 2. The predicted molar refractivity (Wildman–Crippen MR) is 126 cm³/mol. The van der Waals surface area contributed by atoms with Crippen molar-refractivity contribution in [2.75, 3.05) is 17.7 Å². The van der Waals surface area contributed by atoms with E-state index in [9.17, 15) is 24.5 Å². The van der Waals surface area contributed by atoms with Crippen LogP contribution in [0.2, 0.25) is 5.02 Å². The number of nitro benzene ring substituents is 1. The minimum Gasteiger partial charge on any atom is -0.465 e. The van der Waals surface area contributed by atoms with Gasteiger partial charge in [-0.15, -0.1) is 11.3 Å². The molecule has 33 heavy (non-hydrogen) atoms. The Morgan fingerprint density at radius 3 is 2.39 bits per heavy atom. The molecule has 170 valence electrons. The van der Waals surface area contributed by atoms with Crippen molar-refractivity contribution < 1.29 is 24.0 Å². The van der Waals surface area contributed by atoms with Crippen molar-refractivity contribution in [3.05, 3.63) is 84.7 Å². The first kappa shape index (κ1) is 23.9. The highest BCUT2D eigenvalue weighted by atomic mass is 35.5. The van der Waals surface area contributed by atoms with E-state index >= 15 is 0 Å². The van der Waals surface area contributed by atoms with Crippen LogP contribution in [-0.2, 0) is 4.74 Å². The van der Waals surface area contributed by atoms with E-state index in [-0.39, 0.29) is 26.7 Å². The molecule has 9 nitrogen and oxygen atoms in total. The van der Waals surface area contributed by atoms with Crippen molar-refractivity contribution in [2.24, 2.45) is 0 Å². The number of carbonyl (C=O) groups is 3. The molecular formula is C22H18ClN3O6S. The van der Waals surface area contributed by atoms with Gasteiger partial charge in [0.05, 0.1) is 22.5 Å². The number of esters is 1. The Balaban J connectivity index is 1.96. The first-order chi connectivity index (χ1) is 15.6. The van der Waals surface area contributed by atoms with Crippen molar-refractivity contribution >= 4 is 57.1 Å². The number of rotatable bonds is 6. The van der Waals surface area contributed by atoms with Gasteiger partial charge in [0, 0.05) is 28.4 Å². The van der Waals surface area contributed by atoms with Gasteiger partial charge in [0.25, 0.3) is 17.5 Å². The lowest BCUT2D eigenvalue weighted by Gasteiger charge is -2.09. The molecular weight excluding hydrogens is 470 g/mol. The summed E-state index contributed by atoms with van der Waals surface area (Å²) in [6.07, 6.45) is 0. The minimum atomic E-state index is -0.740. The average Bonchev–Trinajstić information content (AvgIpc) is 3.12. The maximum absolute atomic E-state index is 13.0. The van der Waals surface area contributed by atoms with Crippen LogP contribution in [0.5, 0.6) is 0 Å². The monoisotopic (exact) mass is 487 g/mol. The second-order valence-corrected chi connectivity index (χ2v) is 8.31. The summed E-state index contributed by atoms with van der Waals surface area (Å²) in [6.45, 7) is 3.31. The van der Waals surface area contributed by atoms with E-state index in [4.69, 9.17) is 16.3 Å². The van der Waals surface area contributed by atoms with Crippen LogP contribution in [0.1, 0.15) is 41.5 Å². The number of benzene rings is 2. The molecule has 0 aliphatic heterocycles. The number of halogens is 1. The second kappa shape index (κ2) is 9.80. The van der Waals surface area contributed by atoms with Crippen LogP contribution in [0.25, 0.3) is 0 Å². The summed E-state index contributed by atoms with van der Waals surface area (Å²) >= 11 is 7.00. The van der Waals surface area contributed by atoms with E-state index in [0.717, 1.165) is 17.4 Å². The number of hydrogen-bond donors (Lipinski definition) is 2. The molecule has 2 amide bonds. The zero-order chi connectivity index (χ0) is 24.3. The zero-order valence-corrected chi connectivity index (χ0v) is 19.3. The summed E-state index contributed by atoms with van der Waals surface area (Å²) in [6, 6.07) is 10.2. The molecule has 2 N–H and O–H groups in total. The lowest BCUT2D eigenvalue weighted by molar-refractivity contribution is -0.384. The maximum Gasteiger partial charge on any atom is 0.341 e. The van der Waals surface area contributed by atoms with Gasteiger partial charge >= 0.3 is 5.97 Å². The molecule has 0 spiro atoms. The maximum atomic E-state index is 13.0. The van der Waals surface area contributed by atoms with E-state index in [0.29, 0.717) is 21.8 Å². The number of ether oxygens (including phenoxy) is 1. The number of thiophene rings is 1. The molecule has 3 rings (SSSR count). The largest absolute Gasteiger partial charge is 0.465 e. The molecule has 0 unspecified atom stereocenters. The molecule has 0 aliphatic carbocycles. The summed E-state index contributed by atoms with van der Waals surface area (Å²) in [7, 11) is 1.18. The highest BCUT2D eigenvalue weighted by molar-refractivity contribution is 7.19. The third-order valence-electron chi connectivity index (χ3n) is 4.80. The van der Waals surface area contributed by atoms with Gasteiger partial charge in [0.15, 0.2) is 0 Å². The van der Waals surface area contributed by atoms with Gasteiger partial charge in [0.2, 0.25) is 0 Å². The highest BCUT2D eigenvalue weighted by Crippen LogP contribution is 2.35. The van der Waals surface area contributed by atoms with Crippen LogP contribution in [0.3, 0.4) is 0 Å². The fraction of sp³-hybridized carbons (Fsp3) is 0.136. The molecule has 1 aromatic heterocycles. The van der Waals surface area contributed by atoms with Crippen molar-refractivity contribution in [2.45, 2.75) is 13.8 Å². The molecule has 0 radical (unpaired) electrons. The minimum absolute atomic E-state index is 0.0200. The van der Waals surface area contributed by atoms with Gasteiger partial charge < -0.3 is 15.4 Å². The van der Waals surface area contributed by atoms with Crippen molar-refractivity contribution in [1.82, 2.24) is 0 Å². The van der Waals surface area contributed by atoms with Crippen LogP contribution in [0.15, 0.2) is 42.5 Å². The Hall–Kier alpha value is -3.76. The Bertz CT molecular complexity index is 1290. The van der Waals surface area contributed by atoms with E-state index in [1.165, 1.54) is 25.3 Å². The lowest BCUT2D eigenvalue weighted by atomic mass is 10.1. The zero-order valence-electron chi connectivity index (χ0n) is 17.7. The summed E-state index contributed by atoms with van der Waals surface area (Å²) in [5.41, 5.74) is 1.28. The number of nitrogens with one attached hydrogen (secondary N) is 2. The summed E-state index contributed by atoms with van der Waals surface area (Å²) < 4.78 is 4.82. The average molecular weight is 488 g/mol. The van der Waals surface area contributed by atoms with Crippen molar-refractivity contribution in [3.8, 4) is 0 Å². The van der Waals surface area contributed by atoms with Crippen LogP contribution in [0, 0.1) is 24.0 Å².